The number of methoxy groups -OCH3 is 1. The molecule has 0 saturated heterocycles. The molecule has 4 rings (SSSR count). The molecule has 0 aromatic rings. The summed E-state index contributed by atoms with van der Waals surface area (Å²) in [5.41, 5.74) is 1.05. The third kappa shape index (κ3) is 3.50. The number of esters is 2. The van der Waals surface area contributed by atoms with Crippen LogP contribution < -0.4 is 0 Å². The standard InChI is InChI=1S/C24H38O4/c1-23-12-4-5-19(23)18-7-6-16-15-17(28-22(26)9-8-21(25)27-3)10-14-24(16,2)20(18)11-13-23/h16-20H,4-15H2,1-3H3/t16-,17-,18-,19-,20-,23-,24-/m0/s1. The lowest BCUT2D eigenvalue weighted by atomic mass is 9.45. The summed E-state index contributed by atoms with van der Waals surface area (Å²) < 4.78 is 10.4. The maximum Gasteiger partial charge on any atom is 0.306 e. The molecule has 7 atom stereocenters. The highest BCUT2D eigenvalue weighted by Gasteiger charge is 2.58. The minimum atomic E-state index is -0.345. The quantitative estimate of drug-likeness (QED) is 0.613. The molecular weight excluding hydrogens is 352 g/mol. The number of hydrogen-bond acceptors (Lipinski definition) is 4. The van der Waals surface area contributed by atoms with Gasteiger partial charge in [-0.2, -0.15) is 0 Å². The van der Waals surface area contributed by atoms with Gasteiger partial charge >= 0.3 is 11.9 Å². The van der Waals surface area contributed by atoms with E-state index in [1.54, 1.807) is 0 Å². The van der Waals surface area contributed by atoms with E-state index in [0.717, 1.165) is 30.6 Å². The van der Waals surface area contributed by atoms with Crippen LogP contribution in [0.4, 0.5) is 0 Å². The molecule has 4 heteroatoms. The van der Waals surface area contributed by atoms with Crippen LogP contribution in [-0.4, -0.2) is 25.2 Å². The summed E-state index contributed by atoms with van der Waals surface area (Å²) in [6.07, 6.45) is 13.4. The minimum absolute atomic E-state index is 0.0418. The van der Waals surface area contributed by atoms with Gasteiger partial charge in [0.05, 0.1) is 20.0 Å². The van der Waals surface area contributed by atoms with Crippen molar-refractivity contribution in [2.45, 2.75) is 97.0 Å². The van der Waals surface area contributed by atoms with Gasteiger partial charge in [-0.05, 0) is 92.3 Å². The van der Waals surface area contributed by atoms with Crippen LogP contribution in [-0.2, 0) is 19.1 Å². The lowest BCUT2D eigenvalue weighted by molar-refractivity contribution is -0.163. The van der Waals surface area contributed by atoms with Crippen LogP contribution in [0, 0.1) is 34.5 Å². The Labute approximate surface area is 170 Å². The van der Waals surface area contributed by atoms with Crippen molar-refractivity contribution in [2.75, 3.05) is 7.11 Å². The molecule has 0 radical (unpaired) electrons. The smallest absolute Gasteiger partial charge is 0.306 e. The van der Waals surface area contributed by atoms with Crippen molar-refractivity contribution in [2.24, 2.45) is 34.5 Å². The number of carbonyl (C=O) groups excluding carboxylic acids is 2. The summed E-state index contributed by atoms with van der Waals surface area (Å²) in [6, 6.07) is 0. The molecule has 0 bridgehead atoms. The Morgan fingerprint density at radius 2 is 1.68 bits per heavy atom. The molecule has 158 valence electrons. The Bertz CT molecular complexity index is 616. The van der Waals surface area contributed by atoms with Gasteiger partial charge < -0.3 is 9.47 Å². The van der Waals surface area contributed by atoms with Gasteiger partial charge in [0.15, 0.2) is 0 Å². The summed E-state index contributed by atoms with van der Waals surface area (Å²) in [4.78, 5) is 23.4. The molecule has 4 aliphatic carbocycles. The van der Waals surface area contributed by atoms with Crippen LogP contribution in [0.2, 0.25) is 0 Å². The number of ether oxygens (including phenoxy) is 2. The fourth-order valence-electron chi connectivity index (χ4n) is 7.87. The first-order chi connectivity index (χ1) is 13.4. The first-order valence-corrected chi connectivity index (χ1v) is 11.6. The normalized spacial score (nSPS) is 44.8. The van der Waals surface area contributed by atoms with Crippen molar-refractivity contribution in [3.05, 3.63) is 0 Å². The van der Waals surface area contributed by atoms with Crippen molar-refractivity contribution >= 4 is 11.9 Å². The molecule has 0 heterocycles. The Morgan fingerprint density at radius 1 is 0.893 bits per heavy atom. The second-order valence-corrected chi connectivity index (χ2v) is 10.7. The summed E-state index contributed by atoms with van der Waals surface area (Å²) in [5.74, 6) is 2.86. The fourth-order valence-corrected chi connectivity index (χ4v) is 7.87. The van der Waals surface area contributed by atoms with E-state index in [1.807, 2.05) is 0 Å². The zero-order valence-electron chi connectivity index (χ0n) is 18.0. The van der Waals surface area contributed by atoms with Gasteiger partial charge in [-0.1, -0.05) is 20.3 Å². The van der Waals surface area contributed by atoms with Crippen molar-refractivity contribution < 1.29 is 19.1 Å². The lowest BCUT2D eigenvalue weighted by Gasteiger charge is -2.60. The average Bonchev–Trinajstić information content (AvgIpc) is 3.08. The number of rotatable bonds is 4. The van der Waals surface area contributed by atoms with Crippen LogP contribution in [0.3, 0.4) is 0 Å². The SMILES string of the molecule is COC(=O)CCC(=O)O[C@H]1CC[C@@]2(C)[C@@H](CC[C@H]3[C@@H]4CCC[C@@]4(C)CC[C@@H]32)C1. The zero-order chi connectivity index (χ0) is 19.9. The second-order valence-electron chi connectivity index (χ2n) is 10.7. The highest BCUT2D eigenvalue weighted by molar-refractivity contribution is 5.77. The maximum atomic E-state index is 12.1. The number of carbonyl (C=O) groups is 2. The Kier molecular flexibility index (Phi) is 5.52. The Morgan fingerprint density at radius 3 is 2.46 bits per heavy atom. The third-order valence-corrected chi connectivity index (χ3v) is 9.46. The van der Waals surface area contributed by atoms with Gasteiger partial charge in [0.1, 0.15) is 6.10 Å². The van der Waals surface area contributed by atoms with Crippen LogP contribution >= 0.6 is 0 Å². The Hall–Kier alpha value is -1.06. The topological polar surface area (TPSA) is 52.6 Å². The first-order valence-electron chi connectivity index (χ1n) is 11.6. The summed E-state index contributed by atoms with van der Waals surface area (Å²) in [5, 5.41) is 0. The molecule has 0 aromatic carbocycles. The van der Waals surface area contributed by atoms with Crippen molar-refractivity contribution in [3.8, 4) is 0 Å². The molecule has 4 aliphatic rings. The van der Waals surface area contributed by atoms with E-state index in [-0.39, 0.29) is 30.9 Å². The van der Waals surface area contributed by atoms with E-state index in [2.05, 4.69) is 18.6 Å². The van der Waals surface area contributed by atoms with Crippen LogP contribution in [0.25, 0.3) is 0 Å². The van der Waals surface area contributed by atoms with Gasteiger partial charge in [-0.25, -0.2) is 0 Å². The first kappa shape index (κ1) is 20.2. The van der Waals surface area contributed by atoms with Crippen molar-refractivity contribution in [1.29, 1.82) is 0 Å². The van der Waals surface area contributed by atoms with Crippen LogP contribution in [0.1, 0.15) is 90.9 Å². The van der Waals surface area contributed by atoms with Gasteiger partial charge in [-0.3, -0.25) is 9.59 Å². The Balaban J connectivity index is 1.37. The molecule has 0 N–H and O–H groups in total. The molecule has 0 aliphatic heterocycles. The number of fused-ring (bicyclic) bond motifs is 5. The molecule has 28 heavy (non-hydrogen) atoms. The van der Waals surface area contributed by atoms with Crippen molar-refractivity contribution in [3.63, 3.8) is 0 Å². The third-order valence-electron chi connectivity index (χ3n) is 9.46. The van der Waals surface area contributed by atoms with E-state index >= 15 is 0 Å². The van der Waals surface area contributed by atoms with E-state index in [4.69, 9.17) is 4.74 Å². The predicted octanol–water partition coefficient (Wildman–Crippen LogP) is 5.28. The molecule has 0 aromatic heterocycles. The van der Waals surface area contributed by atoms with Gasteiger partial charge in [0.2, 0.25) is 0 Å². The van der Waals surface area contributed by atoms with Crippen LogP contribution in [0.5, 0.6) is 0 Å². The lowest BCUT2D eigenvalue weighted by Crippen LogP contribution is -2.53. The maximum absolute atomic E-state index is 12.1. The number of hydrogen-bond donors (Lipinski definition) is 0. The highest BCUT2D eigenvalue weighted by Crippen LogP contribution is 2.66. The molecule has 0 spiro atoms. The molecule has 4 nitrogen and oxygen atoms in total. The van der Waals surface area contributed by atoms with E-state index < -0.39 is 0 Å². The van der Waals surface area contributed by atoms with E-state index in [0.29, 0.717) is 16.7 Å². The molecule has 0 amide bonds. The summed E-state index contributed by atoms with van der Waals surface area (Å²) >= 11 is 0. The van der Waals surface area contributed by atoms with Gasteiger partial charge in [0.25, 0.3) is 0 Å². The van der Waals surface area contributed by atoms with Crippen molar-refractivity contribution in [1.82, 2.24) is 0 Å². The van der Waals surface area contributed by atoms with E-state index in [9.17, 15) is 9.59 Å². The monoisotopic (exact) mass is 390 g/mol. The molecule has 0 unspecified atom stereocenters. The highest BCUT2D eigenvalue weighted by atomic mass is 16.5. The zero-order valence-corrected chi connectivity index (χ0v) is 18.0. The van der Waals surface area contributed by atoms with E-state index in [1.165, 1.54) is 58.5 Å². The van der Waals surface area contributed by atoms with Crippen LogP contribution in [0.15, 0.2) is 0 Å². The fraction of sp³-hybridized carbons (Fsp3) is 0.917. The molecule has 4 fully saturated rings. The summed E-state index contributed by atoms with van der Waals surface area (Å²) in [6.45, 7) is 5.13. The van der Waals surface area contributed by atoms with Gasteiger partial charge in [0, 0.05) is 0 Å². The second kappa shape index (κ2) is 7.65. The van der Waals surface area contributed by atoms with Gasteiger partial charge in [-0.15, -0.1) is 0 Å². The minimum Gasteiger partial charge on any atom is -0.469 e. The largest absolute Gasteiger partial charge is 0.469 e. The predicted molar refractivity (Wildman–Crippen MR) is 107 cm³/mol. The molecular formula is C24H38O4. The summed E-state index contributed by atoms with van der Waals surface area (Å²) in [7, 11) is 1.35. The molecule has 4 saturated carbocycles. The average molecular weight is 391 g/mol.